The third-order valence-electron chi connectivity index (χ3n) is 2.48. The Kier molecular flexibility index (Phi) is 4.01. The van der Waals surface area contributed by atoms with E-state index in [0.29, 0.717) is 10.8 Å². The van der Waals surface area contributed by atoms with Crippen molar-refractivity contribution in [3.63, 3.8) is 0 Å². The maximum absolute atomic E-state index is 10.8. The number of aliphatic carboxylic acids is 1. The second kappa shape index (κ2) is 5.07. The van der Waals surface area contributed by atoms with Crippen LogP contribution in [0, 0.1) is 0 Å². The Bertz CT molecular complexity index is 395. The molecule has 4 nitrogen and oxygen atoms in total. The van der Waals surface area contributed by atoms with Gasteiger partial charge in [-0.15, -0.1) is 0 Å². The first-order chi connectivity index (χ1) is 7.47. The van der Waals surface area contributed by atoms with Gasteiger partial charge in [0, 0.05) is 12.7 Å². The summed E-state index contributed by atoms with van der Waals surface area (Å²) in [5, 5.41) is 9.35. The molecule has 1 N–H and O–H groups in total. The van der Waals surface area contributed by atoms with E-state index in [0.717, 1.165) is 5.69 Å². The molecule has 0 radical (unpaired) electrons. The van der Waals surface area contributed by atoms with Crippen molar-refractivity contribution in [3.05, 3.63) is 23.2 Å². The monoisotopic (exact) mass is 243 g/mol. The second-order valence-electron chi connectivity index (χ2n) is 3.44. The predicted octanol–water partition coefficient (Wildman–Crippen LogP) is 2.26. The smallest absolute Gasteiger partial charge is 0.326 e. The molecule has 0 bridgehead atoms. The minimum absolute atomic E-state index is 0.462. The lowest BCUT2D eigenvalue weighted by atomic mass is 10.2. The van der Waals surface area contributed by atoms with Gasteiger partial charge in [-0.3, -0.25) is 0 Å². The molecule has 16 heavy (non-hydrogen) atoms. The van der Waals surface area contributed by atoms with Gasteiger partial charge in [0.1, 0.15) is 11.8 Å². The number of carboxylic acids is 1. The molecule has 5 heteroatoms. The molecule has 0 spiro atoms. The third-order valence-corrected chi connectivity index (χ3v) is 2.78. The van der Waals surface area contributed by atoms with Crippen LogP contribution >= 0.6 is 11.6 Å². The number of nitrogens with zero attached hydrogens (tertiary/aromatic N) is 1. The first-order valence-electron chi connectivity index (χ1n) is 4.76. The summed E-state index contributed by atoms with van der Waals surface area (Å²) in [6.07, 6.45) is 0. The number of methoxy groups -OCH3 is 1. The van der Waals surface area contributed by atoms with Gasteiger partial charge in [-0.05, 0) is 25.1 Å². The van der Waals surface area contributed by atoms with Gasteiger partial charge in [-0.2, -0.15) is 0 Å². The molecule has 1 atom stereocenters. The van der Waals surface area contributed by atoms with Gasteiger partial charge in [0.2, 0.25) is 0 Å². The number of carboxylic acid groups (broad SMARTS) is 1. The average Bonchev–Trinajstić information content (AvgIpc) is 2.26. The number of likely N-dealkylation sites (N-methyl/N-ethyl adjacent to an activating group) is 1. The summed E-state index contributed by atoms with van der Waals surface area (Å²) in [4.78, 5) is 12.5. The van der Waals surface area contributed by atoms with Crippen LogP contribution in [0.25, 0.3) is 0 Å². The molecule has 0 heterocycles. The predicted molar refractivity (Wildman–Crippen MR) is 63.5 cm³/mol. The van der Waals surface area contributed by atoms with E-state index < -0.39 is 12.0 Å². The summed E-state index contributed by atoms with van der Waals surface area (Å²) in [7, 11) is 3.24. The summed E-state index contributed by atoms with van der Waals surface area (Å²) >= 11 is 5.96. The molecule has 1 rings (SSSR count). The summed E-state index contributed by atoms with van der Waals surface area (Å²) in [5.74, 6) is -0.309. The number of benzene rings is 1. The quantitative estimate of drug-likeness (QED) is 0.881. The van der Waals surface area contributed by atoms with Crippen LogP contribution in [-0.2, 0) is 4.79 Å². The SMILES string of the molecule is COc1ccc(N(C)C(C)C(=O)O)cc1Cl. The number of hydrogen-bond acceptors (Lipinski definition) is 3. The fourth-order valence-electron chi connectivity index (χ4n) is 1.26. The van der Waals surface area contributed by atoms with Crippen LogP contribution in [0.15, 0.2) is 18.2 Å². The van der Waals surface area contributed by atoms with E-state index in [1.165, 1.54) is 7.11 Å². The lowest BCUT2D eigenvalue weighted by Crippen LogP contribution is -2.35. The van der Waals surface area contributed by atoms with Crippen LogP contribution in [0.5, 0.6) is 5.75 Å². The van der Waals surface area contributed by atoms with E-state index in [1.54, 1.807) is 37.1 Å². The molecule has 1 aromatic carbocycles. The lowest BCUT2D eigenvalue weighted by Gasteiger charge is -2.24. The van der Waals surface area contributed by atoms with E-state index in [-0.39, 0.29) is 0 Å². The normalized spacial score (nSPS) is 12.0. The molecule has 0 aliphatic rings. The molecule has 1 unspecified atom stereocenters. The fourth-order valence-corrected chi connectivity index (χ4v) is 1.52. The Morgan fingerprint density at radius 3 is 2.62 bits per heavy atom. The van der Waals surface area contributed by atoms with Crippen molar-refractivity contribution in [2.45, 2.75) is 13.0 Å². The molecular formula is C11H14ClNO3. The number of hydrogen-bond donors (Lipinski definition) is 1. The molecule has 0 fully saturated rings. The van der Waals surface area contributed by atoms with Gasteiger partial charge < -0.3 is 14.7 Å². The first kappa shape index (κ1) is 12.6. The number of carbonyl (C=O) groups is 1. The van der Waals surface area contributed by atoms with Crippen molar-refractivity contribution in [1.29, 1.82) is 0 Å². The molecule has 0 saturated carbocycles. The topological polar surface area (TPSA) is 49.8 Å². The van der Waals surface area contributed by atoms with Gasteiger partial charge in [-0.1, -0.05) is 11.6 Å². The van der Waals surface area contributed by atoms with Crippen LogP contribution in [0.3, 0.4) is 0 Å². The Morgan fingerprint density at radius 2 is 2.19 bits per heavy atom. The van der Waals surface area contributed by atoms with Crippen LogP contribution in [0.1, 0.15) is 6.92 Å². The van der Waals surface area contributed by atoms with Crippen molar-refractivity contribution >= 4 is 23.3 Å². The molecule has 0 aliphatic carbocycles. The first-order valence-corrected chi connectivity index (χ1v) is 5.14. The zero-order chi connectivity index (χ0) is 12.3. The molecule has 0 saturated heterocycles. The van der Waals surface area contributed by atoms with Crippen molar-refractivity contribution in [3.8, 4) is 5.75 Å². The maximum atomic E-state index is 10.8. The molecule has 88 valence electrons. The van der Waals surface area contributed by atoms with Gasteiger partial charge in [-0.25, -0.2) is 4.79 Å². The molecule has 0 aromatic heterocycles. The molecule has 0 aliphatic heterocycles. The van der Waals surface area contributed by atoms with E-state index in [4.69, 9.17) is 21.4 Å². The fraction of sp³-hybridized carbons (Fsp3) is 0.364. The highest BCUT2D eigenvalue weighted by atomic mass is 35.5. The lowest BCUT2D eigenvalue weighted by molar-refractivity contribution is -0.138. The highest BCUT2D eigenvalue weighted by Gasteiger charge is 2.17. The Labute approximate surface area is 99.4 Å². The molecule has 1 aromatic rings. The summed E-state index contributed by atoms with van der Waals surface area (Å²) in [5.41, 5.74) is 0.737. The minimum atomic E-state index is -0.880. The summed E-state index contributed by atoms with van der Waals surface area (Å²) in [6, 6.07) is 4.55. The van der Waals surface area contributed by atoms with Crippen molar-refractivity contribution in [2.75, 3.05) is 19.1 Å². The van der Waals surface area contributed by atoms with E-state index in [1.807, 2.05) is 0 Å². The number of ether oxygens (including phenoxy) is 1. The standard InChI is InChI=1S/C11H14ClNO3/c1-7(11(14)15)13(2)8-4-5-10(16-3)9(12)6-8/h4-7H,1-3H3,(H,14,15). The van der Waals surface area contributed by atoms with E-state index >= 15 is 0 Å². The van der Waals surface area contributed by atoms with Crippen molar-refractivity contribution in [1.82, 2.24) is 0 Å². The van der Waals surface area contributed by atoms with Gasteiger partial charge in [0.15, 0.2) is 0 Å². The summed E-state index contributed by atoms with van der Waals surface area (Å²) < 4.78 is 5.02. The average molecular weight is 244 g/mol. The Hall–Kier alpha value is -1.42. The highest BCUT2D eigenvalue weighted by Crippen LogP contribution is 2.29. The van der Waals surface area contributed by atoms with E-state index in [2.05, 4.69) is 0 Å². The maximum Gasteiger partial charge on any atom is 0.326 e. The van der Waals surface area contributed by atoms with Crippen LogP contribution in [0.2, 0.25) is 5.02 Å². The van der Waals surface area contributed by atoms with Gasteiger partial charge in [0.05, 0.1) is 12.1 Å². The van der Waals surface area contributed by atoms with Crippen LogP contribution in [0.4, 0.5) is 5.69 Å². The number of halogens is 1. The van der Waals surface area contributed by atoms with Crippen molar-refractivity contribution in [2.24, 2.45) is 0 Å². The molecule has 0 amide bonds. The van der Waals surface area contributed by atoms with E-state index in [9.17, 15) is 4.79 Å². The van der Waals surface area contributed by atoms with Gasteiger partial charge in [0.25, 0.3) is 0 Å². The molecular weight excluding hydrogens is 230 g/mol. The minimum Gasteiger partial charge on any atom is -0.495 e. The zero-order valence-electron chi connectivity index (χ0n) is 9.40. The number of anilines is 1. The summed E-state index contributed by atoms with van der Waals surface area (Å²) in [6.45, 7) is 1.61. The highest BCUT2D eigenvalue weighted by molar-refractivity contribution is 6.32. The second-order valence-corrected chi connectivity index (χ2v) is 3.85. The van der Waals surface area contributed by atoms with Crippen LogP contribution in [-0.4, -0.2) is 31.3 Å². The third kappa shape index (κ3) is 2.58. The van der Waals surface area contributed by atoms with Gasteiger partial charge >= 0.3 is 5.97 Å². The Morgan fingerprint density at radius 1 is 1.56 bits per heavy atom. The Balaban J connectivity index is 2.97. The van der Waals surface area contributed by atoms with Crippen LogP contribution < -0.4 is 9.64 Å². The zero-order valence-corrected chi connectivity index (χ0v) is 10.2. The largest absolute Gasteiger partial charge is 0.495 e. The van der Waals surface area contributed by atoms with Crippen molar-refractivity contribution < 1.29 is 14.6 Å². The number of rotatable bonds is 4.